The van der Waals surface area contributed by atoms with Gasteiger partial charge < -0.3 is 14.9 Å². The van der Waals surface area contributed by atoms with E-state index in [1.165, 1.54) is 11.0 Å². The Balaban J connectivity index is 1.72. The van der Waals surface area contributed by atoms with Gasteiger partial charge in [-0.15, -0.1) is 0 Å². The van der Waals surface area contributed by atoms with Crippen LogP contribution in [0.5, 0.6) is 0 Å². The highest BCUT2D eigenvalue weighted by Crippen LogP contribution is 2.19. The first kappa shape index (κ1) is 18.3. The number of nitrogens with one attached hydrogen (secondary N) is 2. The quantitative estimate of drug-likeness (QED) is 0.727. The van der Waals surface area contributed by atoms with Crippen molar-refractivity contribution in [3.8, 4) is 0 Å². The van der Waals surface area contributed by atoms with Crippen molar-refractivity contribution in [1.82, 2.24) is 19.4 Å². The van der Waals surface area contributed by atoms with E-state index in [4.69, 9.17) is 0 Å². The lowest BCUT2D eigenvalue weighted by Gasteiger charge is -2.22. The maximum atomic E-state index is 13.0. The summed E-state index contributed by atoms with van der Waals surface area (Å²) >= 11 is 0. The van der Waals surface area contributed by atoms with Gasteiger partial charge in [-0.3, -0.25) is 14.2 Å². The van der Waals surface area contributed by atoms with Gasteiger partial charge in [0.2, 0.25) is 0 Å². The monoisotopic (exact) mass is 380 g/mol. The van der Waals surface area contributed by atoms with Crippen molar-refractivity contribution >= 4 is 16.9 Å². The Kier molecular flexibility index (Phi) is 4.90. The molecule has 7 heteroatoms. The number of hydrogen-bond donors (Lipinski definition) is 2. The predicted molar refractivity (Wildman–Crippen MR) is 108 cm³/mol. The molecule has 0 unspecified atom stereocenters. The summed E-state index contributed by atoms with van der Waals surface area (Å²) in [6.45, 7) is 0.180. The van der Waals surface area contributed by atoms with Crippen LogP contribution in [0.2, 0.25) is 0 Å². The molecule has 0 aliphatic heterocycles. The van der Waals surface area contributed by atoms with Gasteiger partial charge in [0.15, 0.2) is 0 Å². The van der Waals surface area contributed by atoms with E-state index >= 15 is 0 Å². The zero-order chi connectivity index (χ0) is 19.7. The van der Waals surface area contributed by atoms with Crippen molar-refractivity contribution in [2.24, 2.45) is 7.05 Å². The van der Waals surface area contributed by atoms with Crippen LogP contribution in [-0.2, 0) is 13.6 Å². The third-order valence-corrected chi connectivity index (χ3v) is 5.47. The van der Waals surface area contributed by atoms with Gasteiger partial charge in [0.05, 0.1) is 17.6 Å². The lowest BCUT2D eigenvalue weighted by atomic mass is 9.95. The number of aromatic nitrogens is 3. The topological polar surface area (TPSA) is 88.9 Å². The van der Waals surface area contributed by atoms with E-state index in [-0.39, 0.29) is 18.5 Å². The van der Waals surface area contributed by atoms with E-state index in [0.717, 1.165) is 31.2 Å². The molecule has 0 saturated heterocycles. The highest BCUT2D eigenvalue weighted by molar-refractivity contribution is 6.05. The molecule has 1 aromatic carbocycles. The molecule has 2 heterocycles. The summed E-state index contributed by atoms with van der Waals surface area (Å²) in [6, 6.07) is 9.50. The molecular formula is C21H24N4O3. The largest absolute Gasteiger partial charge is 0.349 e. The van der Waals surface area contributed by atoms with Crippen molar-refractivity contribution in [2.45, 2.75) is 44.7 Å². The Morgan fingerprint density at radius 1 is 1.14 bits per heavy atom. The van der Waals surface area contributed by atoms with Crippen LogP contribution in [-0.4, -0.2) is 26.1 Å². The molecule has 0 bridgehead atoms. The van der Waals surface area contributed by atoms with E-state index < -0.39 is 11.2 Å². The third kappa shape index (κ3) is 3.40. The lowest BCUT2D eigenvalue weighted by Crippen LogP contribution is -2.37. The first-order valence-corrected chi connectivity index (χ1v) is 9.71. The first-order chi connectivity index (χ1) is 13.5. The van der Waals surface area contributed by atoms with Crippen molar-refractivity contribution in [1.29, 1.82) is 0 Å². The highest BCUT2D eigenvalue weighted by atomic mass is 16.2. The second kappa shape index (κ2) is 7.50. The summed E-state index contributed by atoms with van der Waals surface area (Å²) in [6.07, 6.45) is 6.98. The molecule has 146 valence electrons. The predicted octanol–water partition coefficient (Wildman–Crippen LogP) is 2.14. The Bertz CT molecular complexity index is 1120. The number of carbonyl (C=O) groups is 1. The Hall–Kier alpha value is -3.09. The molecule has 1 amide bonds. The van der Waals surface area contributed by atoms with Crippen LogP contribution in [0.4, 0.5) is 0 Å². The van der Waals surface area contributed by atoms with Crippen LogP contribution >= 0.6 is 0 Å². The normalized spacial score (nSPS) is 15.0. The number of benzene rings is 1. The molecule has 0 radical (unpaired) electrons. The maximum absolute atomic E-state index is 13.0. The minimum absolute atomic E-state index is 0.154. The molecule has 4 rings (SSSR count). The van der Waals surface area contributed by atoms with Gasteiger partial charge in [-0.25, -0.2) is 4.79 Å². The minimum atomic E-state index is -0.515. The molecule has 28 heavy (non-hydrogen) atoms. The van der Waals surface area contributed by atoms with Gasteiger partial charge in [0.25, 0.3) is 11.5 Å². The summed E-state index contributed by atoms with van der Waals surface area (Å²) in [5.74, 6) is -0.242. The fourth-order valence-electron chi connectivity index (χ4n) is 4.00. The van der Waals surface area contributed by atoms with Gasteiger partial charge in [-0.2, -0.15) is 0 Å². The summed E-state index contributed by atoms with van der Waals surface area (Å²) < 4.78 is 2.78. The third-order valence-electron chi connectivity index (χ3n) is 5.47. The van der Waals surface area contributed by atoms with Crippen LogP contribution in [0.25, 0.3) is 11.0 Å². The molecular weight excluding hydrogens is 356 g/mol. The number of nitrogens with zero attached hydrogens (tertiary/aromatic N) is 2. The fraction of sp³-hybridized carbons (Fsp3) is 0.381. The second-order valence-electron chi connectivity index (χ2n) is 7.49. The van der Waals surface area contributed by atoms with Crippen molar-refractivity contribution in [3.05, 3.63) is 68.5 Å². The number of H-pyrrole nitrogens is 1. The number of amides is 1. The molecule has 0 atom stereocenters. The number of carbonyl (C=O) groups excluding carboxylic acids is 1. The lowest BCUT2D eigenvalue weighted by molar-refractivity contribution is 0.0929. The van der Waals surface area contributed by atoms with Crippen LogP contribution < -0.4 is 16.6 Å². The molecule has 1 aliphatic carbocycles. The van der Waals surface area contributed by atoms with Gasteiger partial charge >= 0.3 is 5.69 Å². The molecule has 1 aliphatic rings. The number of rotatable bonds is 4. The molecule has 2 aromatic heterocycles. The summed E-state index contributed by atoms with van der Waals surface area (Å²) in [5, 5.41) is 3.05. The van der Waals surface area contributed by atoms with E-state index in [9.17, 15) is 14.4 Å². The number of fused-ring (bicyclic) bond motifs is 1. The first-order valence-electron chi connectivity index (χ1n) is 9.71. The molecule has 2 N–H and O–H groups in total. The number of aromatic amines is 1. The summed E-state index contributed by atoms with van der Waals surface area (Å²) in [5.41, 5.74) is 0.906. The summed E-state index contributed by atoms with van der Waals surface area (Å²) in [4.78, 5) is 41.1. The second-order valence-corrected chi connectivity index (χ2v) is 7.49. The van der Waals surface area contributed by atoms with E-state index in [1.54, 1.807) is 17.8 Å². The average molecular weight is 380 g/mol. The van der Waals surface area contributed by atoms with E-state index in [1.807, 2.05) is 30.3 Å². The van der Waals surface area contributed by atoms with Crippen LogP contribution in [0.15, 0.2) is 46.1 Å². The zero-order valence-electron chi connectivity index (χ0n) is 15.9. The van der Waals surface area contributed by atoms with Crippen LogP contribution in [0.1, 0.15) is 48.0 Å². The molecule has 1 fully saturated rings. The summed E-state index contributed by atoms with van der Waals surface area (Å²) in [7, 11) is 1.71. The maximum Gasteiger partial charge on any atom is 0.329 e. The molecule has 1 saturated carbocycles. The molecule has 7 nitrogen and oxygen atoms in total. The number of aryl methyl sites for hydroxylation is 1. The highest BCUT2D eigenvalue weighted by Gasteiger charge is 2.22. The van der Waals surface area contributed by atoms with Gasteiger partial charge in [0.1, 0.15) is 5.52 Å². The Labute approximate surface area is 162 Å². The smallest absolute Gasteiger partial charge is 0.329 e. The standard InChI is InChI=1S/C21H24N4O3/c1-24-13-16(19(26)22-15-10-6-3-7-11-15)17-18(24)20(27)25(21(28)23-17)12-14-8-4-2-5-9-14/h2,4-5,8-9,13,15H,3,6-7,10-12H2,1H3,(H,22,26)(H,23,28). The average Bonchev–Trinajstić information content (AvgIpc) is 3.03. The minimum Gasteiger partial charge on any atom is -0.349 e. The van der Waals surface area contributed by atoms with Crippen LogP contribution in [0, 0.1) is 0 Å². The van der Waals surface area contributed by atoms with Crippen molar-refractivity contribution in [3.63, 3.8) is 0 Å². The molecule has 3 aromatic rings. The fourth-order valence-corrected chi connectivity index (χ4v) is 4.00. The SMILES string of the molecule is Cn1cc(C(=O)NC2CCCCC2)c2[nH]c(=O)n(Cc3ccccc3)c(=O)c21. The zero-order valence-corrected chi connectivity index (χ0v) is 15.9. The van der Waals surface area contributed by atoms with Crippen molar-refractivity contribution in [2.75, 3.05) is 0 Å². The Morgan fingerprint density at radius 3 is 2.57 bits per heavy atom. The van der Waals surface area contributed by atoms with E-state index in [0.29, 0.717) is 16.6 Å². The molecule has 0 spiro atoms. The van der Waals surface area contributed by atoms with E-state index in [2.05, 4.69) is 10.3 Å². The van der Waals surface area contributed by atoms with Gasteiger partial charge in [-0.05, 0) is 18.4 Å². The van der Waals surface area contributed by atoms with Gasteiger partial charge in [-0.1, -0.05) is 49.6 Å². The Morgan fingerprint density at radius 2 is 1.86 bits per heavy atom. The van der Waals surface area contributed by atoms with Crippen molar-refractivity contribution < 1.29 is 4.79 Å². The number of hydrogen-bond acceptors (Lipinski definition) is 3. The van der Waals surface area contributed by atoms with Crippen LogP contribution in [0.3, 0.4) is 0 Å². The van der Waals surface area contributed by atoms with Gasteiger partial charge in [0, 0.05) is 19.3 Å².